The standard InChI is InChI=1S/C18H23N5O/c1-13(2)17-15(11-19-12-21-17)18(24)22-14-6-7-16(20-10-14)23-8-4-3-5-9-23/h6-7,10-13H,3-5,8-9H2,1-2H3,(H,22,24). The maximum atomic E-state index is 12.5. The number of aromatic nitrogens is 3. The summed E-state index contributed by atoms with van der Waals surface area (Å²) in [6, 6.07) is 3.86. The van der Waals surface area contributed by atoms with Gasteiger partial charge >= 0.3 is 0 Å². The van der Waals surface area contributed by atoms with Gasteiger partial charge in [0.2, 0.25) is 0 Å². The molecule has 1 amide bonds. The van der Waals surface area contributed by atoms with Gasteiger partial charge in [-0.25, -0.2) is 15.0 Å². The predicted molar refractivity (Wildman–Crippen MR) is 94.4 cm³/mol. The van der Waals surface area contributed by atoms with Crippen molar-refractivity contribution >= 4 is 17.4 Å². The predicted octanol–water partition coefficient (Wildman–Crippen LogP) is 3.24. The molecule has 0 bridgehead atoms. The molecule has 0 unspecified atom stereocenters. The second-order valence-corrected chi connectivity index (χ2v) is 6.38. The number of pyridine rings is 1. The first kappa shape index (κ1) is 16.4. The van der Waals surface area contributed by atoms with E-state index in [0.29, 0.717) is 11.3 Å². The van der Waals surface area contributed by atoms with E-state index in [-0.39, 0.29) is 11.8 Å². The summed E-state index contributed by atoms with van der Waals surface area (Å²) < 4.78 is 0. The maximum Gasteiger partial charge on any atom is 0.259 e. The lowest BCUT2D eigenvalue weighted by atomic mass is 10.0. The molecule has 1 N–H and O–H groups in total. The highest BCUT2D eigenvalue weighted by Gasteiger charge is 2.16. The SMILES string of the molecule is CC(C)c1ncncc1C(=O)Nc1ccc(N2CCCCC2)nc1. The number of amides is 1. The number of piperidine rings is 1. The zero-order chi connectivity index (χ0) is 16.9. The Hall–Kier alpha value is -2.50. The molecule has 0 spiro atoms. The summed E-state index contributed by atoms with van der Waals surface area (Å²) in [5, 5.41) is 2.88. The fourth-order valence-electron chi connectivity index (χ4n) is 2.94. The van der Waals surface area contributed by atoms with Gasteiger partial charge in [-0.05, 0) is 37.3 Å². The third-order valence-electron chi connectivity index (χ3n) is 4.22. The molecule has 24 heavy (non-hydrogen) atoms. The Bertz CT molecular complexity index is 693. The van der Waals surface area contributed by atoms with Crippen LogP contribution in [-0.4, -0.2) is 33.9 Å². The van der Waals surface area contributed by atoms with Crippen LogP contribution in [0, 0.1) is 0 Å². The molecular weight excluding hydrogens is 302 g/mol. The van der Waals surface area contributed by atoms with Gasteiger partial charge in [-0.1, -0.05) is 13.8 Å². The molecule has 0 aromatic carbocycles. The number of rotatable bonds is 4. The highest BCUT2D eigenvalue weighted by atomic mass is 16.1. The van der Waals surface area contributed by atoms with Crippen molar-refractivity contribution in [1.29, 1.82) is 0 Å². The first-order chi connectivity index (χ1) is 11.6. The van der Waals surface area contributed by atoms with Gasteiger partial charge in [-0.3, -0.25) is 4.79 Å². The van der Waals surface area contributed by atoms with Crippen molar-refractivity contribution in [3.63, 3.8) is 0 Å². The molecular formula is C18H23N5O. The monoisotopic (exact) mass is 325 g/mol. The molecule has 1 aliphatic rings. The van der Waals surface area contributed by atoms with Crippen molar-refractivity contribution in [3.05, 3.63) is 42.1 Å². The van der Waals surface area contributed by atoms with Gasteiger partial charge in [-0.2, -0.15) is 0 Å². The Morgan fingerprint density at radius 3 is 2.58 bits per heavy atom. The van der Waals surface area contributed by atoms with Gasteiger partial charge in [0.1, 0.15) is 12.1 Å². The average molecular weight is 325 g/mol. The molecule has 0 radical (unpaired) electrons. The first-order valence-electron chi connectivity index (χ1n) is 8.47. The number of hydrogen-bond acceptors (Lipinski definition) is 5. The smallest absolute Gasteiger partial charge is 0.259 e. The van der Waals surface area contributed by atoms with E-state index >= 15 is 0 Å². The van der Waals surface area contributed by atoms with E-state index in [1.165, 1.54) is 25.6 Å². The average Bonchev–Trinajstić information content (AvgIpc) is 2.63. The molecule has 2 aromatic heterocycles. The molecule has 0 atom stereocenters. The highest BCUT2D eigenvalue weighted by Crippen LogP contribution is 2.20. The fraction of sp³-hybridized carbons (Fsp3) is 0.444. The van der Waals surface area contributed by atoms with Crippen LogP contribution in [0.4, 0.5) is 11.5 Å². The minimum Gasteiger partial charge on any atom is -0.357 e. The zero-order valence-electron chi connectivity index (χ0n) is 14.2. The van der Waals surface area contributed by atoms with E-state index in [4.69, 9.17) is 0 Å². The van der Waals surface area contributed by atoms with E-state index in [0.717, 1.165) is 24.6 Å². The summed E-state index contributed by atoms with van der Waals surface area (Å²) in [6.07, 6.45) is 8.47. The zero-order valence-corrected chi connectivity index (χ0v) is 14.2. The molecule has 6 heteroatoms. The van der Waals surface area contributed by atoms with Crippen LogP contribution in [0.2, 0.25) is 0 Å². The number of nitrogens with one attached hydrogen (secondary N) is 1. The van der Waals surface area contributed by atoms with E-state index in [1.54, 1.807) is 12.4 Å². The van der Waals surface area contributed by atoms with Crippen LogP contribution in [0.5, 0.6) is 0 Å². The van der Waals surface area contributed by atoms with Crippen molar-refractivity contribution in [2.45, 2.75) is 39.0 Å². The van der Waals surface area contributed by atoms with Gasteiger partial charge in [-0.15, -0.1) is 0 Å². The molecule has 126 valence electrons. The van der Waals surface area contributed by atoms with Crippen molar-refractivity contribution in [1.82, 2.24) is 15.0 Å². The van der Waals surface area contributed by atoms with Gasteiger partial charge in [0.15, 0.2) is 0 Å². The lowest BCUT2D eigenvalue weighted by molar-refractivity contribution is 0.102. The number of anilines is 2. The third-order valence-corrected chi connectivity index (χ3v) is 4.22. The Balaban J connectivity index is 1.71. The molecule has 0 saturated carbocycles. The van der Waals surface area contributed by atoms with E-state index in [2.05, 4.69) is 25.2 Å². The Kier molecular flexibility index (Phi) is 5.03. The van der Waals surface area contributed by atoms with Crippen LogP contribution < -0.4 is 10.2 Å². The lowest BCUT2D eigenvalue weighted by Gasteiger charge is -2.27. The van der Waals surface area contributed by atoms with E-state index in [9.17, 15) is 4.79 Å². The summed E-state index contributed by atoms with van der Waals surface area (Å²) >= 11 is 0. The summed E-state index contributed by atoms with van der Waals surface area (Å²) in [7, 11) is 0. The third kappa shape index (κ3) is 3.69. The van der Waals surface area contributed by atoms with E-state index in [1.807, 2.05) is 26.0 Å². The summed E-state index contributed by atoms with van der Waals surface area (Å²) in [6.45, 7) is 6.12. The number of hydrogen-bond donors (Lipinski definition) is 1. The van der Waals surface area contributed by atoms with Crippen molar-refractivity contribution in [2.75, 3.05) is 23.3 Å². The largest absolute Gasteiger partial charge is 0.357 e. The van der Waals surface area contributed by atoms with Crippen molar-refractivity contribution < 1.29 is 4.79 Å². The molecule has 1 saturated heterocycles. The number of nitrogens with zero attached hydrogens (tertiary/aromatic N) is 4. The van der Waals surface area contributed by atoms with Crippen LogP contribution in [0.15, 0.2) is 30.9 Å². The number of carbonyl (C=O) groups is 1. The highest BCUT2D eigenvalue weighted by molar-refractivity contribution is 6.04. The quantitative estimate of drug-likeness (QED) is 0.934. The molecule has 1 aliphatic heterocycles. The van der Waals surface area contributed by atoms with Crippen LogP contribution >= 0.6 is 0 Å². The van der Waals surface area contributed by atoms with Crippen LogP contribution in [-0.2, 0) is 0 Å². The van der Waals surface area contributed by atoms with E-state index < -0.39 is 0 Å². The molecule has 6 nitrogen and oxygen atoms in total. The summed E-state index contributed by atoms with van der Waals surface area (Å²) in [4.78, 5) is 27.5. The van der Waals surface area contributed by atoms with Gasteiger partial charge < -0.3 is 10.2 Å². The Morgan fingerprint density at radius 2 is 1.92 bits per heavy atom. The topological polar surface area (TPSA) is 71.0 Å². The molecule has 0 aliphatic carbocycles. The Morgan fingerprint density at radius 1 is 1.12 bits per heavy atom. The van der Waals surface area contributed by atoms with Crippen molar-refractivity contribution in [3.8, 4) is 0 Å². The summed E-state index contributed by atoms with van der Waals surface area (Å²) in [5.74, 6) is 0.929. The fourth-order valence-corrected chi connectivity index (χ4v) is 2.94. The summed E-state index contributed by atoms with van der Waals surface area (Å²) in [5.41, 5.74) is 1.94. The molecule has 1 fully saturated rings. The van der Waals surface area contributed by atoms with Crippen LogP contribution in [0.3, 0.4) is 0 Å². The molecule has 3 heterocycles. The van der Waals surface area contributed by atoms with Crippen LogP contribution in [0.1, 0.15) is 55.1 Å². The molecule has 3 rings (SSSR count). The van der Waals surface area contributed by atoms with Gasteiger partial charge in [0, 0.05) is 19.3 Å². The minimum atomic E-state index is -0.202. The van der Waals surface area contributed by atoms with Crippen LogP contribution in [0.25, 0.3) is 0 Å². The molecule has 2 aromatic rings. The van der Waals surface area contributed by atoms with Crippen molar-refractivity contribution in [2.24, 2.45) is 0 Å². The van der Waals surface area contributed by atoms with Gasteiger partial charge in [0.25, 0.3) is 5.91 Å². The maximum absolute atomic E-state index is 12.5. The number of carbonyl (C=O) groups excluding carboxylic acids is 1. The lowest BCUT2D eigenvalue weighted by Crippen LogP contribution is -2.30. The Labute approximate surface area is 142 Å². The second-order valence-electron chi connectivity index (χ2n) is 6.38. The minimum absolute atomic E-state index is 0.161. The normalized spacial score (nSPS) is 14.7. The second kappa shape index (κ2) is 7.38. The first-order valence-corrected chi connectivity index (χ1v) is 8.47. The van der Waals surface area contributed by atoms with Gasteiger partial charge in [0.05, 0.1) is 23.1 Å².